The zero-order valence-electron chi connectivity index (χ0n) is 17.3. The van der Waals surface area contributed by atoms with Crippen LogP contribution >= 0.6 is 23.2 Å². The van der Waals surface area contributed by atoms with Gasteiger partial charge in [0, 0.05) is 57.0 Å². The summed E-state index contributed by atoms with van der Waals surface area (Å²) in [5, 5.41) is 3.60. The molecule has 1 aromatic rings. The number of piperazine rings is 1. The van der Waals surface area contributed by atoms with E-state index < -0.39 is 5.92 Å². The van der Waals surface area contributed by atoms with Crippen LogP contribution in [0.1, 0.15) is 37.7 Å². The van der Waals surface area contributed by atoms with E-state index in [0.717, 1.165) is 5.56 Å². The van der Waals surface area contributed by atoms with Crippen LogP contribution in [0.2, 0.25) is 10.0 Å². The van der Waals surface area contributed by atoms with Gasteiger partial charge in [0.15, 0.2) is 0 Å². The quantitative estimate of drug-likeness (QED) is 0.615. The zero-order valence-corrected chi connectivity index (χ0v) is 18.8. The van der Waals surface area contributed by atoms with Crippen LogP contribution in [-0.2, 0) is 16.1 Å². The van der Waals surface area contributed by atoms with Gasteiger partial charge in [-0.25, -0.2) is 8.78 Å². The molecule has 3 rings (SSSR count). The molecule has 2 amide bonds. The van der Waals surface area contributed by atoms with Crippen LogP contribution < -0.4 is 11.1 Å². The average molecular weight is 477 g/mol. The third-order valence-corrected chi connectivity index (χ3v) is 6.58. The molecule has 172 valence electrons. The second kappa shape index (κ2) is 10.3. The normalized spacial score (nSPS) is 19.9. The number of hydrogen-bond acceptors (Lipinski definition) is 4. The summed E-state index contributed by atoms with van der Waals surface area (Å²) >= 11 is 12.1. The number of amides is 2. The first-order valence-corrected chi connectivity index (χ1v) is 11.3. The maximum atomic E-state index is 13.2. The number of alkyl halides is 2. The first kappa shape index (κ1) is 24.0. The van der Waals surface area contributed by atoms with Crippen molar-refractivity contribution < 1.29 is 18.4 Å². The third kappa shape index (κ3) is 6.92. The minimum atomic E-state index is -2.60. The molecule has 2 aliphatic rings. The molecular formula is C21H28Cl2F2N4O2. The Morgan fingerprint density at radius 2 is 1.77 bits per heavy atom. The summed E-state index contributed by atoms with van der Waals surface area (Å²) in [5.41, 5.74) is 7.39. The maximum Gasteiger partial charge on any atom is 0.248 e. The van der Waals surface area contributed by atoms with Crippen LogP contribution in [0, 0.1) is 5.92 Å². The van der Waals surface area contributed by atoms with Gasteiger partial charge in [-0.2, -0.15) is 0 Å². The van der Waals surface area contributed by atoms with E-state index in [2.05, 4.69) is 10.2 Å². The van der Waals surface area contributed by atoms with E-state index in [-0.39, 0.29) is 43.5 Å². The smallest absolute Gasteiger partial charge is 0.248 e. The number of nitrogens with zero attached hydrogens (tertiary/aromatic N) is 2. The van der Waals surface area contributed by atoms with Crippen molar-refractivity contribution in [2.24, 2.45) is 5.92 Å². The van der Waals surface area contributed by atoms with E-state index in [9.17, 15) is 18.4 Å². The first-order chi connectivity index (χ1) is 14.6. The number of hydrogen-bond donors (Lipinski definition) is 2. The summed E-state index contributed by atoms with van der Waals surface area (Å²) in [4.78, 5) is 28.4. The molecule has 1 saturated heterocycles. The van der Waals surface area contributed by atoms with Crippen LogP contribution in [0.15, 0.2) is 12.1 Å². The van der Waals surface area contributed by atoms with Crippen molar-refractivity contribution in [2.45, 2.75) is 44.6 Å². The predicted octanol–water partition coefficient (Wildman–Crippen LogP) is 3.55. The van der Waals surface area contributed by atoms with Crippen molar-refractivity contribution in [2.75, 3.05) is 38.5 Å². The highest BCUT2D eigenvalue weighted by atomic mass is 35.5. The van der Waals surface area contributed by atoms with Crippen molar-refractivity contribution in [1.82, 2.24) is 15.1 Å². The van der Waals surface area contributed by atoms with Gasteiger partial charge in [-0.1, -0.05) is 23.2 Å². The molecular weight excluding hydrogens is 449 g/mol. The van der Waals surface area contributed by atoms with E-state index in [4.69, 9.17) is 28.9 Å². The maximum absolute atomic E-state index is 13.2. The summed E-state index contributed by atoms with van der Waals surface area (Å²) in [6, 6.07) is 3.40. The van der Waals surface area contributed by atoms with Crippen molar-refractivity contribution in [1.29, 1.82) is 0 Å². The minimum Gasteiger partial charge on any atom is -0.397 e. The summed E-state index contributed by atoms with van der Waals surface area (Å²) in [7, 11) is 0. The predicted molar refractivity (Wildman–Crippen MR) is 117 cm³/mol. The molecule has 1 saturated carbocycles. The van der Waals surface area contributed by atoms with E-state index in [1.165, 1.54) is 0 Å². The fourth-order valence-electron chi connectivity index (χ4n) is 4.09. The molecule has 1 aliphatic heterocycles. The molecule has 1 aliphatic carbocycles. The lowest BCUT2D eigenvalue weighted by atomic mass is 9.84. The number of nitrogens with two attached hydrogens (primary N) is 1. The molecule has 0 unspecified atom stereocenters. The molecule has 2 fully saturated rings. The number of halogens is 4. The van der Waals surface area contributed by atoms with Gasteiger partial charge in [-0.05, 0) is 36.5 Å². The van der Waals surface area contributed by atoms with E-state index in [1.54, 1.807) is 17.0 Å². The first-order valence-electron chi connectivity index (χ1n) is 10.5. The molecule has 1 aromatic carbocycles. The Balaban J connectivity index is 1.38. The third-order valence-electron chi connectivity index (χ3n) is 6.05. The van der Waals surface area contributed by atoms with Crippen LogP contribution in [0.5, 0.6) is 0 Å². The second-order valence-electron chi connectivity index (χ2n) is 8.40. The highest BCUT2D eigenvalue weighted by Gasteiger charge is 2.35. The fourth-order valence-corrected chi connectivity index (χ4v) is 4.63. The van der Waals surface area contributed by atoms with Gasteiger partial charge in [0.2, 0.25) is 17.7 Å². The van der Waals surface area contributed by atoms with Gasteiger partial charge in [-0.3, -0.25) is 14.5 Å². The number of anilines is 1. The molecule has 0 radical (unpaired) electrons. The summed E-state index contributed by atoms with van der Waals surface area (Å²) < 4.78 is 26.4. The van der Waals surface area contributed by atoms with Crippen molar-refractivity contribution >= 4 is 40.7 Å². The van der Waals surface area contributed by atoms with Crippen molar-refractivity contribution in [3.05, 3.63) is 27.7 Å². The Kier molecular flexibility index (Phi) is 7.99. The average Bonchev–Trinajstić information content (AvgIpc) is 2.72. The molecule has 0 spiro atoms. The lowest BCUT2D eigenvalue weighted by molar-refractivity contribution is -0.134. The minimum absolute atomic E-state index is 0.0364. The van der Waals surface area contributed by atoms with Crippen LogP contribution in [0.25, 0.3) is 0 Å². The highest BCUT2D eigenvalue weighted by Crippen LogP contribution is 2.37. The number of nitrogen functional groups attached to an aromatic ring is 1. The Bertz CT molecular complexity index is 807. The number of carbonyl (C=O) groups is 2. The standard InChI is InChI=1S/C21H28Cl2F2N4O2/c22-16-10-15(20(26)17(23)11-16)13-28-5-7-29(8-6-28)19(31)12-27-18(30)9-14-1-3-21(24,25)4-2-14/h10-11,14H,1-9,12-13,26H2,(H,27,30). The molecule has 0 aromatic heterocycles. The largest absolute Gasteiger partial charge is 0.397 e. The second-order valence-corrected chi connectivity index (χ2v) is 9.24. The van der Waals surface area contributed by atoms with Gasteiger partial charge in [0.25, 0.3) is 0 Å². The van der Waals surface area contributed by atoms with E-state index in [1.807, 2.05) is 0 Å². The fraction of sp³-hybridized carbons (Fsp3) is 0.619. The van der Waals surface area contributed by atoms with Crippen molar-refractivity contribution in [3.63, 3.8) is 0 Å². The molecule has 0 atom stereocenters. The summed E-state index contributed by atoms with van der Waals surface area (Å²) in [6.45, 7) is 2.93. The Hall–Kier alpha value is -1.64. The molecule has 3 N–H and O–H groups in total. The summed E-state index contributed by atoms with van der Waals surface area (Å²) in [5.74, 6) is -3.04. The topological polar surface area (TPSA) is 78.7 Å². The van der Waals surface area contributed by atoms with E-state index >= 15 is 0 Å². The Morgan fingerprint density at radius 1 is 1.13 bits per heavy atom. The molecule has 1 heterocycles. The SMILES string of the molecule is Nc1c(Cl)cc(Cl)cc1CN1CCN(C(=O)CNC(=O)CC2CCC(F)(F)CC2)CC1. The highest BCUT2D eigenvalue weighted by molar-refractivity contribution is 6.36. The molecule has 0 bridgehead atoms. The van der Waals surface area contributed by atoms with Gasteiger partial charge < -0.3 is 16.0 Å². The lowest BCUT2D eigenvalue weighted by Crippen LogP contribution is -2.51. The lowest BCUT2D eigenvalue weighted by Gasteiger charge is -2.35. The number of nitrogens with one attached hydrogen (secondary N) is 1. The number of carbonyl (C=O) groups excluding carboxylic acids is 2. The zero-order chi connectivity index (χ0) is 22.6. The van der Waals surface area contributed by atoms with Gasteiger partial charge in [0.05, 0.1) is 17.3 Å². The Morgan fingerprint density at radius 3 is 2.42 bits per heavy atom. The van der Waals surface area contributed by atoms with Crippen LogP contribution in [-0.4, -0.2) is 60.3 Å². The van der Waals surface area contributed by atoms with Gasteiger partial charge >= 0.3 is 0 Å². The van der Waals surface area contributed by atoms with E-state index in [0.29, 0.717) is 61.3 Å². The Labute approximate surface area is 191 Å². The monoisotopic (exact) mass is 476 g/mol. The number of benzene rings is 1. The number of rotatable bonds is 6. The van der Waals surface area contributed by atoms with Crippen LogP contribution in [0.3, 0.4) is 0 Å². The van der Waals surface area contributed by atoms with Crippen LogP contribution in [0.4, 0.5) is 14.5 Å². The van der Waals surface area contributed by atoms with Gasteiger partial charge in [-0.15, -0.1) is 0 Å². The summed E-state index contributed by atoms with van der Waals surface area (Å²) in [6.07, 6.45) is 0.556. The molecule has 6 nitrogen and oxygen atoms in total. The molecule has 10 heteroatoms. The van der Waals surface area contributed by atoms with Crippen molar-refractivity contribution in [3.8, 4) is 0 Å². The molecule has 31 heavy (non-hydrogen) atoms. The van der Waals surface area contributed by atoms with Gasteiger partial charge in [0.1, 0.15) is 0 Å².